The summed E-state index contributed by atoms with van der Waals surface area (Å²) in [7, 11) is 0. The van der Waals surface area contributed by atoms with Gasteiger partial charge < -0.3 is 20.1 Å². The molecule has 3 amide bonds. The minimum absolute atomic E-state index is 0.00362. The summed E-state index contributed by atoms with van der Waals surface area (Å²) in [5, 5.41) is 15.8. The molecule has 0 radical (unpaired) electrons. The Bertz CT molecular complexity index is 1360. The van der Waals surface area contributed by atoms with Crippen molar-refractivity contribution >= 4 is 47.1 Å². The third kappa shape index (κ3) is 7.03. The molecule has 0 bridgehead atoms. The number of nitro benzene ring substituents is 1. The number of thioether (sulfide) groups is 1. The van der Waals surface area contributed by atoms with Crippen LogP contribution in [0.1, 0.15) is 24.5 Å². The van der Waals surface area contributed by atoms with Gasteiger partial charge in [-0.2, -0.15) is 5.06 Å². The first-order chi connectivity index (χ1) is 20.1. The zero-order valence-electron chi connectivity index (χ0n) is 22.5. The normalized spacial score (nSPS) is 21.5. The Morgan fingerprint density at radius 1 is 1.12 bits per heavy atom. The molecule has 2 heterocycles. The van der Waals surface area contributed by atoms with E-state index in [0.717, 1.165) is 17.3 Å². The van der Waals surface area contributed by atoms with Gasteiger partial charge in [0, 0.05) is 31.4 Å². The number of nitro groups is 1. The summed E-state index contributed by atoms with van der Waals surface area (Å²) in [6.07, 6.45) is -0.265. The van der Waals surface area contributed by atoms with Crippen LogP contribution < -0.4 is 10.6 Å². The van der Waals surface area contributed by atoms with E-state index in [1.165, 1.54) is 31.2 Å². The van der Waals surface area contributed by atoms with Gasteiger partial charge in [-0.15, -0.1) is 11.8 Å². The molecule has 2 aliphatic rings. The molecular weight excluding hydrogens is 572 g/mol. The molecule has 0 aromatic heterocycles. The largest absolute Gasteiger partial charge is 0.456 e. The Labute approximate surface area is 244 Å². The van der Waals surface area contributed by atoms with Crippen LogP contribution in [-0.4, -0.2) is 75.6 Å². The third-order valence-electron chi connectivity index (χ3n) is 6.38. The monoisotopic (exact) mass is 600 g/mol. The van der Waals surface area contributed by atoms with Gasteiger partial charge in [-0.1, -0.05) is 30.3 Å². The lowest BCUT2D eigenvalue weighted by Gasteiger charge is -2.36. The van der Waals surface area contributed by atoms with Crippen molar-refractivity contribution in [3.8, 4) is 0 Å². The summed E-state index contributed by atoms with van der Waals surface area (Å²) in [6, 6.07) is 13.0. The Morgan fingerprint density at radius 3 is 2.50 bits per heavy atom. The van der Waals surface area contributed by atoms with Crippen molar-refractivity contribution in [2.75, 3.05) is 18.9 Å². The number of hydrogen-bond acceptors (Lipinski definition) is 11. The van der Waals surface area contributed by atoms with Crippen LogP contribution in [0.3, 0.4) is 0 Å². The number of nitrogens with one attached hydrogen (secondary N) is 2. The van der Waals surface area contributed by atoms with Gasteiger partial charge in [-0.25, -0.2) is 4.79 Å². The number of hydroxylamine groups is 2. The van der Waals surface area contributed by atoms with E-state index in [9.17, 15) is 34.1 Å². The molecule has 0 saturated carbocycles. The summed E-state index contributed by atoms with van der Waals surface area (Å²) in [4.78, 5) is 79.6. The number of amides is 3. The van der Waals surface area contributed by atoms with Crippen molar-refractivity contribution < 1.29 is 43.2 Å². The van der Waals surface area contributed by atoms with Crippen molar-refractivity contribution in [2.24, 2.45) is 0 Å². The van der Waals surface area contributed by atoms with Crippen LogP contribution in [0, 0.1) is 10.1 Å². The highest BCUT2D eigenvalue weighted by atomic mass is 32.2. The smallest absolute Gasteiger partial charge is 0.376 e. The maximum absolute atomic E-state index is 13.7. The number of carbonyl (C=O) groups excluding carboxylic acids is 5. The van der Waals surface area contributed by atoms with E-state index < -0.39 is 45.7 Å². The maximum Gasteiger partial charge on any atom is 0.376 e. The minimum Gasteiger partial charge on any atom is -0.456 e. The molecule has 0 spiro atoms. The molecule has 15 heteroatoms. The van der Waals surface area contributed by atoms with E-state index in [0.29, 0.717) is 10.6 Å². The highest BCUT2D eigenvalue weighted by Gasteiger charge is 2.65. The summed E-state index contributed by atoms with van der Waals surface area (Å²) >= 11 is 1.10. The molecule has 2 N–H and O–H groups in total. The minimum atomic E-state index is -2.32. The second-order valence-electron chi connectivity index (χ2n) is 9.43. The van der Waals surface area contributed by atoms with Crippen LogP contribution in [0.2, 0.25) is 0 Å². The van der Waals surface area contributed by atoms with Crippen molar-refractivity contribution in [2.45, 2.75) is 43.4 Å². The average Bonchev–Trinajstić information content (AvgIpc) is 3.49. The first-order valence-electron chi connectivity index (χ1n) is 12.9. The predicted octanol–water partition coefficient (Wildman–Crippen LogP) is 1.02. The molecule has 42 heavy (non-hydrogen) atoms. The number of ether oxygens (including phenoxy) is 2. The molecule has 0 aliphatic carbocycles. The van der Waals surface area contributed by atoms with Gasteiger partial charge in [0.2, 0.25) is 11.8 Å². The number of hydrogen-bond donors (Lipinski definition) is 2. The van der Waals surface area contributed by atoms with E-state index in [-0.39, 0.29) is 49.9 Å². The van der Waals surface area contributed by atoms with Crippen LogP contribution in [0.5, 0.6) is 0 Å². The number of non-ortho nitro benzene ring substituents is 1. The Balaban J connectivity index is 1.53. The number of benzene rings is 2. The molecule has 2 unspecified atom stereocenters. The van der Waals surface area contributed by atoms with Gasteiger partial charge in [0.25, 0.3) is 11.6 Å². The van der Waals surface area contributed by atoms with Gasteiger partial charge in [-0.05, 0) is 23.3 Å². The summed E-state index contributed by atoms with van der Waals surface area (Å²) in [5.41, 5.74) is -1.35. The zero-order valence-corrected chi connectivity index (χ0v) is 23.3. The van der Waals surface area contributed by atoms with Crippen molar-refractivity contribution in [3.05, 3.63) is 75.8 Å². The van der Waals surface area contributed by atoms with Gasteiger partial charge in [0.05, 0.1) is 23.0 Å². The van der Waals surface area contributed by atoms with Crippen LogP contribution >= 0.6 is 11.8 Å². The summed E-state index contributed by atoms with van der Waals surface area (Å²) in [5.74, 6) is -3.16. The molecule has 2 fully saturated rings. The molecule has 222 valence electrons. The second-order valence-corrected chi connectivity index (χ2v) is 10.7. The van der Waals surface area contributed by atoms with Gasteiger partial charge in [0.15, 0.2) is 0 Å². The molecule has 4 rings (SSSR count). The van der Waals surface area contributed by atoms with E-state index in [4.69, 9.17) is 14.3 Å². The number of rotatable bonds is 12. The highest BCUT2D eigenvalue weighted by Crippen LogP contribution is 2.42. The van der Waals surface area contributed by atoms with Gasteiger partial charge >= 0.3 is 17.7 Å². The molecule has 2 aromatic carbocycles. The lowest BCUT2D eigenvalue weighted by atomic mass is 10.1. The molecule has 2 aromatic rings. The molecule has 14 nitrogen and oxygen atoms in total. The van der Waals surface area contributed by atoms with E-state index in [1.54, 1.807) is 30.3 Å². The SMILES string of the molecule is CC(=O)NCCSC1CC(=O)OC1(C(=O)OCc1ccc([N+](=O)[O-])cc1)N1OC[C@H](NC(=O)Cc2ccccc2)C1=O. The number of carbonyl (C=O) groups is 5. The Hall–Kier alpha value is -4.50. The first-order valence-corrected chi connectivity index (χ1v) is 13.9. The van der Waals surface area contributed by atoms with E-state index >= 15 is 0 Å². The molecular formula is C27H28N4O10S. The zero-order chi connectivity index (χ0) is 30.3. The standard InChI is InChI=1S/C27H28N4O10S/c1-17(32)28-11-12-42-22-14-24(34)41-27(22,26(36)39-15-19-7-9-20(10-8-19)31(37)38)30-25(35)21(16-40-30)29-23(33)13-18-5-3-2-4-6-18/h2-10,21-22H,11-16H2,1H3,(H,28,32)(H,29,33)/t21-,22?,27?/m0/s1. The Kier molecular flexibility index (Phi) is 9.75. The Morgan fingerprint density at radius 2 is 1.83 bits per heavy atom. The lowest BCUT2D eigenvalue weighted by Crippen LogP contribution is -2.62. The molecule has 3 atom stereocenters. The fourth-order valence-electron chi connectivity index (χ4n) is 4.38. The number of cyclic esters (lactones) is 1. The topological polar surface area (TPSA) is 183 Å². The summed E-state index contributed by atoms with van der Waals surface area (Å²) in [6.45, 7) is 0.886. The third-order valence-corrected chi connectivity index (χ3v) is 7.70. The van der Waals surface area contributed by atoms with Crippen molar-refractivity contribution in [3.63, 3.8) is 0 Å². The van der Waals surface area contributed by atoms with Crippen LogP contribution in [0.15, 0.2) is 54.6 Å². The van der Waals surface area contributed by atoms with Crippen molar-refractivity contribution in [1.29, 1.82) is 0 Å². The lowest BCUT2D eigenvalue weighted by molar-refractivity contribution is -0.384. The van der Waals surface area contributed by atoms with Crippen LogP contribution in [0.4, 0.5) is 5.69 Å². The number of nitrogens with zero attached hydrogens (tertiary/aromatic N) is 2. The van der Waals surface area contributed by atoms with E-state index in [2.05, 4.69) is 10.6 Å². The van der Waals surface area contributed by atoms with Crippen LogP contribution in [0.25, 0.3) is 0 Å². The maximum atomic E-state index is 13.7. The van der Waals surface area contributed by atoms with Crippen molar-refractivity contribution in [1.82, 2.24) is 15.7 Å². The summed E-state index contributed by atoms with van der Waals surface area (Å²) < 4.78 is 11.0. The van der Waals surface area contributed by atoms with Gasteiger partial charge in [0.1, 0.15) is 19.3 Å². The molecule has 2 aliphatic heterocycles. The van der Waals surface area contributed by atoms with Crippen LogP contribution in [-0.2, 0) is 51.3 Å². The predicted molar refractivity (Wildman–Crippen MR) is 146 cm³/mol. The second kappa shape index (κ2) is 13.4. The molecule has 2 saturated heterocycles. The van der Waals surface area contributed by atoms with E-state index in [1.807, 2.05) is 0 Å². The fraction of sp³-hybridized carbons (Fsp3) is 0.370. The quantitative estimate of drug-likeness (QED) is 0.153. The first kappa shape index (κ1) is 30.5. The van der Waals surface area contributed by atoms with Gasteiger partial charge in [-0.3, -0.25) is 34.1 Å². The average molecular weight is 601 g/mol. The number of esters is 2. The highest BCUT2D eigenvalue weighted by molar-refractivity contribution is 8.00. The fourth-order valence-corrected chi connectivity index (χ4v) is 5.60.